The van der Waals surface area contributed by atoms with Crippen LogP contribution in [0.15, 0.2) is 77.5 Å². The molecule has 1 amide bonds. The quantitative estimate of drug-likeness (QED) is 0.740. The van der Waals surface area contributed by atoms with Crippen LogP contribution < -0.4 is 5.32 Å². The van der Waals surface area contributed by atoms with Gasteiger partial charge >= 0.3 is 0 Å². The molecule has 3 rings (SSSR count). The number of thiophene rings is 1. The summed E-state index contributed by atoms with van der Waals surface area (Å²) in [6.45, 7) is 0. The Kier molecular flexibility index (Phi) is 4.66. The predicted octanol–water partition coefficient (Wildman–Crippen LogP) is 4.46. The number of nitrogens with one attached hydrogen (secondary N) is 1. The van der Waals surface area contributed by atoms with Crippen molar-refractivity contribution >= 4 is 17.2 Å². The summed E-state index contributed by atoms with van der Waals surface area (Å²) in [5.74, 6) is -0.0222. The lowest BCUT2D eigenvalue weighted by atomic mass is 9.98. The van der Waals surface area contributed by atoms with Crippen LogP contribution in [0.1, 0.15) is 27.5 Å². The Balaban J connectivity index is 1.82. The van der Waals surface area contributed by atoms with Gasteiger partial charge in [0.2, 0.25) is 0 Å². The summed E-state index contributed by atoms with van der Waals surface area (Å²) in [6, 6.07) is 22.2. The second-order valence-electron chi connectivity index (χ2n) is 5.14. The van der Waals surface area contributed by atoms with Crippen LogP contribution >= 0.6 is 11.3 Å². The highest BCUT2D eigenvalue weighted by Crippen LogP contribution is 2.19. The average molecular weight is 307 g/mol. The highest BCUT2D eigenvalue weighted by atomic mass is 32.1. The Morgan fingerprint density at radius 1 is 0.955 bits per heavy atom. The number of carbonyl (C=O) groups excluding carboxylic acids is 1. The van der Waals surface area contributed by atoms with E-state index in [2.05, 4.69) is 29.6 Å². The molecular weight excluding hydrogens is 290 g/mol. The fourth-order valence-electron chi connectivity index (χ4n) is 2.42. The molecule has 1 N–H and O–H groups in total. The minimum Gasteiger partial charge on any atom is -0.345 e. The molecule has 1 atom stereocenters. The molecule has 1 heterocycles. The van der Waals surface area contributed by atoms with Crippen LogP contribution in [0, 0.1) is 0 Å². The zero-order valence-electron chi connectivity index (χ0n) is 12.1. The van der Waals surface area contributed by atoms with E-state index >= 15 is 0 Å². The van der Waals surface area contributed by atoms with Crippen molar-refractivity contribution in [2.45, 2.75) is 12.5 Å². The van der Waals surface area contributed by atoms with E-state index in [1.54, 1.807) is 0 Å². The van der Waals surface area contributed by atoms with Crippen molar-refractivity contribution in [3.63, 3.8) is 0 Å². The van der Waals surface area contributed by atoms with Gasteiger partial charge < -0.3 is 5.32 Å². The summed E-state index contributed by atoms with van der Waals surface area (Å²) in [4.78, 5) is 12.4. The highest BCUT2D eigenvalue weighted by molar-refractivity contribution is 7.08. The molecule has 0 aliphatic heterocycles. The van der Waals surface area contributed by atoms with Gasteiger partial charge in [0.1, 0.15) is 0 Å². The number of carbonyl (C=O) groups is 1. The first kappa shape index (κ1) is 14.5. The van der Waals surface area contributed by atoms with Gasteiger partial charge in [-0.15, -0.1) is 0 Å². The van der Waals surface area contributed by atoms with E-state index in [1.807, 2.05) is 53.2 Å². The van der Waals surface area contributed by atoms with Gasteiger partial charge in [-0.1, -0.05) is 60.7 Å². The van der Waals surface area contributed by atoms with Gasteiger partial charge in [-0.3, -0.25) is 4.79 Å². The molecule has 0 bridgehead atoms. The van der Waals surface area contributed by atoms with Crippen molar-refractivity contribution in [2.24, 2.45) is 0 Å². The fourth-order valence-corrected chi connectivity index (χ4v) is 3.06. The molecular formula is C19H17NOS. The maximum Gasteiger partial charge on any atom is 0.252 e. The topological polar surface area (TPSA) is 29.1 Å². The van der Waals surface area contributed by atoms with Crippen molar-refractivity contribution in [1.29, 1.82) is 0 Å². The molecule has 1 aromatic heterocycles. The normalized spacial score (nSPS) is 11.8. The van der Waals surface area contributed by atoms with E-state index in [0.29, 0.717) is 0 Å². The SMILES string of the molecule is O=C(NC(Cc1ccccc1)c1ccccc1)c1ccsc1. The molecule has 0 saturated carbocycles. The molecule has 22 heavy (non-hydrogen) atoms. The van der Waals surface area contributed by atoms with Gasteiger partial charge in [-0.05, 0) is 29.0 Å². The van der Waals surface area contributed by atoms with Gasteiger partial charge in [-0.2, -0.15) is 11.3 Å². The van der Waals surface area contributed by atoms with E-state index in [-0.39, 0.29) is 11.9 Å². The molecule has 0 saturated heterocycles. The number of hydrogen-bond acceptors (Lipinski definition) is 2. The third-order valence-electron chi connectivity index (χ3n) is 3.57. The maximum absolute atomic E-state index is 12.4. The first-order chi connectivity index (χ1) is 10.8. The molecule has 0 spiro atoms. The largest absolute Gasteiger partial charge is 0.345 e. The number of amides is 1. The van der Waals surface area contributed by atoms with Crippen LogP contribution in [0.4, 0.5) is 0 Å². The van der Waals surface area contributed by atoms with E-state index in [4.69, 9.17) is 0 Å². The minimum atomic E-state index is -0.0315. The van der Waals surface area contributed by atoms with Crippen LogP contribution in [-0.2, 0) is 6.42 Å². The molecule has 1 unspecified atom stereocenters. The van der Waals surface area contributed by atoms with Crippen molar-refractivity contribution < 1.29 is 4.79 Å². The van der Waals surface area contributed by atoms with E-state index in [0.717, 1.165) is 17.5 Å². The van der Waals surface area contributed by atoms with Crippen LogP contribution in [0.2, 0.25) is 0 Å². The summed E-state index contributed by atoms with van der Waals surface area (Å²) < 4.78 is 0. The number of rotatable bonds is 5. The highest BCUT2D eigenvalue weighted by Gasteiger charge is 2.16. The van der Waals surface area contributed by atoms with Gasteiger partial charge in [0.15, 0.2) is 0 Å². The number of hydrogen-bond donors (Lipinski definition) is 1. The summed E-state index contributed by atoms with van der Waals surface area (Å²) in [5, 5.41) is 6.95. The van der Waals surface area contributed by atoms with Gasteiger partial charge in [-0.25, -0.2) is 0 Å². The first-order valence-corrected chi connectivity index (χ1v) is 8.19. The molecule has 2 nitrogen and oxygen atoms in total. The van der Waals surface area contributed by atoms with E-state index in [9.17, 15) is 4.79 Å². The van der Waals surface area contributed by atoms with Crippen molar-refractivity contribution in [3.8, 4) is 0 Å². The summed E-state index contributed by atoms with van der Waals surface area (Å²) in [7, 11) is 0. The van der Waals surface area contributed by atoms with E-state index in [1.165, 1.54) is 16.9 Å². The average Bonchev–Trinajstić information content (AvgIpc) is 3.11. The zero-order valence-corrected chi connectivity index (χ0v) is 12.9. The fraction of sp³-hybridized carbons (Fsp3) is 0.105. The lowest BCUT2D eigenvalue weighted by molar-refractivity contribution is 0.0937. The second kappa shape index (κ2) is 7.05. The molecule has 0 radical (unpaired) electrons. The summed E-state index contributed by atoms with van der Waals surface area (Å²) >= 11 is 1.53. The van der Waals surface area contributed by atoms with Crippen molar-refractivity contribution in [1.82, 2.24) is 5.32 Å². The predicted molar refractivity (Wildman–Crippen MR) is 91.1 cm³/mol. The molecule has 110 valence electrons. The van der Waals surface area contributed by atoms with Crippen molar-refractivity contribution in [2.75, 3.05) is 0 Å². The molecule has 3 aromatic rings. The summed E-state index contributed by atoms with van der Waals surface area (Å²) in [5.41, 5.74) is 3.05. The van der Waals surface area contributed by atoms with Gasteiger partial charge in [0, 0.05) is 5.38 Å². The maximum atomic E-state index is 12.4. The minimum absolute atomic E-state index is 0.0222. The smallest absolute Gasteiger partial charge is 0.252 e. The summed E-state index contributed by atoms with van der Waals surface area (Å²) in [6.07, 6.45) is 0.779. The Morgan fingerprint density at radius 3 is 2.27 bits per heavy atom. The zero-order chi connectivity index (χ0) is 15.2. The monoisotopic (exact) mass is 307 g/mol. The van der Waals surface area contributed by atoms with Crippen LogP contribution in [0.5, 0.6) is 0 Å². The third kappa shape index (κ3) is 3.62. The molecule has 0 fully saturated rings. The molecule has 3 heteroatoms. The second-order valence-corrected chi connectivity index (χ2v) is 5.92. The Hall–Kier alpha value is -2.39. The third-order valence-corrected chi connectivity index (χ3v) is 4.26. The van der Waals surface area contributed by atoms with Gasteiger partial charge in [0.05, 0.1) is 11.6 Å². The van der Waals surface area contributed by atoms with Crippen LogP contribution in [0.3, 0.4) is 0 Å². The molecule has 0 aliphatic carbocycles. The van der Waals surface area contributed by atoms with E-state index < -0.39 is 0 Å². The number of benzene rings is 2. The van der Waals surface area contributed by atoms with Crippen LogP contribution in [-0.4, -0.2) is 5.91 Å². The standard InChI is InChI=1S/C19H17NOS/c21-19(17-11-12-22-14-17)20-18(16-9-5-2-6-10-16)13-15-7-3-1-4-8-15/h1-12,14,18H,13H2,(H,20,21). The Labute approximate surface area is 134 Å². The van der Waals surface area contributed by atoms with Crippen molar-refractivity contribution in [3.05, 3.63) is 94.2 Å². The first-order valence-electron chi connectivity index (χ1n) is 7.25. The molecule has 2 aromatic carbocycles. The van der Waals surface area contributed by atoms with Crippen LogP contribution in [0.25, 0.3) is 0 Å². The Bertz CT molecular complexity index is 708. The Morgan fingerprint density at radius 2 is 1.64 bits per heavy atom. The van der Waals surface area contributed by atoms with Gasteiger partial charge in [0.25, 0.3) is 5.91 Å². The molecule has 0 aliphatic rings. The lowest BCUT2D eigenvalue weighted by Crippen LogP contribution is -2.29. The lowest BCUT2D eigenvalue weighted by Gasteiger charge is -2.19.